The highest BCUT2D eigenvalue weighted by atomic mass is 16.5. The first-order valence-electron chi connectivity index (χ1n) is 9.55. The largest absolute Gasteiger partial charge is 0.492 e. The summed E-state index contributed by atoms with van der Waals surface area (Å²) < 4.78 is 7.83. The van der Waals surface area contributed by atoms with Crippen LogP contribution in [-0.2, 0) is 16.1 Å². The van der Waals surface area contributed by atoms with Gasteiger partial charge in [0.15, 0.2) is 0 Å². The van der Waals surface area contributed by atoms with Crippen LogP contribution in [0.4, 0.5) is 4.79 Å². The highest BCUT2D eigenvalue weighted by molar-refractivity contribution is 6.31. The minimum Gasteiger partial charge on any atom is -0.492 e. The van der Waals surface area contributed by atoms with E-state index >= 15 is 0 Å². The molecular weight excluding hydrogens is 382 g/mol. The number of para-hydroxylation sites is 2. The second kappa shape index (κ2) is 7.87. The Morgan fingerprint density at radius 1 is 0.867 bits per heavy atom. The standard InChI is InChI=1S/C23H21N3O4/c1-24-21(27)19(22(28)25(2)23(24)29)14-16-15-26(20-11-7-6-10-18(16)20)12-13-30-17-8-4-3-5-9-17/h3-11,14-15H,12-13H2,1-2H3. The predicted octanol–water partition coefficient (Wildman–Crippen LogP) is 3.15. The molecule has 0 aliphatic carbocycles. The number of benzene rings is 2. The van der Waals surface area contributed by atoms with Crippen LogP contribution in [0.1, 0.15) is 5.56 Å². The highest BCUT2D eigenvalue weighted by Gasteiger charge is 2.37. The van der Waals surface area contributed by atoms with Crippen molar-refractivity contribution in [3.8, 4) is 5.75 Å². The van der Waals surface area contributed by atoms with Crippen LogP contribution in [0.25, 0.3) is 17.0 Å². The summed E-state index contributed by atoms with van der Waals surface area (Å²) in [6, 6.07) is 16.7. The molecule has 2 aromatic carbocycles. The number of nitrogens with zero attached hydrogens (tertiary/aromatic N) is 3. The van der Waals surface area contributed by atoms with Crippen molar-refractivity contribution in [1.29, 1.82) is 0 Å². The summed E-state index contributed by atoms with van der Waals surface area (Å²) in [5.74, 6) is -0.412. The quantitative estimate of drug-likeness (QED) is 0.485. The summed E-state index contributed by atoms with van der Waals surface area (Å²) >= 11 is 0. The molecule has 2 heterocycles. The number of imide groups is 2. The van der Waals surface area contributed by atoms with Crippen LogP contribution in [0.2, 0.25) is 0 Å². The molecule has 0 N–H and O–H groups in total. The van der Waals surface area contributed by atoms with Crippen molar-refractivity contribution in [2.75, 3.05) is 20.7 Å². The van der Waals surface area contributed by atoms with Crippen LogP contribution in [0.5, 0.6) is 5.75 Å². The Hall–Kier alpha value is -3.87. The number of carbonyl (C=O) groups excluding carboxylic acids is 3. The Morgan fingerprint density at radius 2 is 1.50 bits per heavy atom. The predicted molar refractivity (Wildman–Crippen MR) is 113 cm³/mol. The van der Waals surface area contributed by atoms with Gasteiger partial charge in [0.1, 0.15) is 17.9 Å². The molecule has 7 heteroatoms. The highest BCUT2D eigenvalue weighted by Crippen LogP contribution is 2.26. The average Bonchev–Trinajstić information content (AvgIpc) is 3.12. The number of likely N-dealkylation sites (N-methyl/N-ethyl adjacent to an activating group) is 2. The minimum absolute atomic E-state index is 0.0389. The third kappa shape index (κ3) is 3.45. The van der Waals surface area contributed by atoms with E-state index < -0.39 is 17.8 Å². The Morgan fingerprint density at radius 3 is 2.20 bits per heavy atom. The number of rotatable bonds is 5. The van der Waals surface area contributed by atoms with Gasteiger partial charge in [-0.25, -0.2) is 4.79 Å². The lowest BCUT2D eigenvalue weighted by molar-refractivity contribution is -0.134. The molecule has 3 aromatic rings. The monoisotopic (exact) mass is 403 g/mol. The van der Waals surface area contributed by atoms with Crippen LogP contribution >= 0.6 is 0 Å². The number of amides is 4. The van der Waals surface area contributed by atoms with Crippen LogP contribution in [0.15, 0.2) is 66.4 Å². The van der Waals surface area contributed by atoms with Crippen molar-refractivity contribution in [3.63, 3.8) is 0 Å². The summed E-state index contributed by atoms with van der Waals surface area (Å²) in [6.07, 6.45) is 3.45. The fourth-order valence-corrected chi connectivity index (χ4v) is 3.48. The molecule has 1 saturated heterocycles. The van der Waals surface area contributed by atoms with Crippen molar-refractivity contribution >= 4 is 34.8 Å². The second-order valence-electron chi connectivity index (χ2n) is 7.03. The van der Waals surface area contributed by atoms with E-state index in [0.29, 0.717) is 13.2 Å². The van der Waals surface area contributed by atoms with Gasteiger partial charge in [0, 0.05) is 36.8 Å². The van der Waals surface area contributed by atoms with E-state index in [0.717, 1.165) is 32.0 Å². The Balaban J connectivity index is 1.65. The van der Waals surface area contributed by atoms with Crippen molar-refractivity contribution in [2.24, 2.45) is 0 Å². The van der Waals surface area contributed by atoms with Crippen molar-refractivity contribution in [2.45, 2.75) is 6.54 Å². The van der Waals surface area contributed by atoms with Crippen LogP contribution < -0.4 is 4.74 Å². The van der Waals surface area contributed by atoms with Crippen molar-refractivity contribution in [3.05, 3.63) is 71.9 Å². The number of carbonyl (C=O) groups is 3. The molecule has 0 bridgehead atoms. The fourth-order valence-electron chi connectivity index (χ4n) is 3.48. The maximum atomic E-state index is 12.5. The summed E-state index contributed by atoms with van der Waals surface area (Å²) in [4.78, 5) is 38.9. The Bertz CT molecular complexity index is 1140. The third-order valence-electron chi connectivity index (χ3n) is 5.11. The zero-order valence-corrected chi connectivity index (χ0v) is 16.7. The number of urea groups is 1. The number of fused-ring (bicyclic) bond motifs is 1. The van der Waals surface area contributed by atoms with Gasteiger partial charge in [0.25, 0.3) is 11.8 Å². The van der Waals surface area contributed by atoms with E-state index in [9.17, 15) is 14.4 Å². The lowest BCUT2D eigenvalue weighted by Gasteiger charge is -2.28. The van der Waals surface area contributed by atoms with Gasteiger partial charge >= 0.3 is 6.03 Å². The second-order valence-corrected chi connectivity index (χ2v) is 7.03. The first-order chi connectivity index (χ1) is 14.5. The summed E-state index contributed by atoms with van der Waals surface area (Å²) in [6.45, 7) is 1.06. The van der Waals surface area contributed by atoms with Gasteiger partial charge in [-0.15, -0.1) is 0 Å². The zero-order chi connectivity index (χ0) is 21.3. The molecule has 7 nitrogen and oxygen atoms in total. The van der Waals surface area contributed by atoms with Gasteiger partial charge < -0.3 is 9.30 Å². The maximum absolute atomic E-state index is 12.5. The average molecular weight is 403 g/mol. The van der Waals surface area contributed by atoms with Gasteiger partial charge in [-0.3, -0.25) is 19.4 Å². The third-order valence-corrected chi connectivity index (χ3v) is 5.11. The molecule has 0 atom stereocenters. The number of ether oxygens (including phenoxy) is 1. The molecule has 0 saturated carbocycles. The SMILES string of the molecule is CN1C(=O)C(=Cc2cn(CCOc3ccccc3)c3ccccc23)C(=O)N(C)C1=O. The normalized spacial score (nSPS) is 14.6. The van der Waals surface area contributed by atoms with E-state index in [2.05, 4.69) is 0 Å². The topological polar surface area (TPSA) is 71.8 Å². The molecule has 0 unspecified atom stereocenters. The molecule has 1 aliphatic heterocycles. The van der Waals surface area contributed by atoms with Crippen LogP contribution in [-0.4, -0.2) is 52.9 Å². The van der Waals surface area contributed by atoms with Crippen molar-refractivity contribution in [1.82, 2.24) is 14.4 Å². The van der Waals surface area contributed by atoms with Gasteiger partial charge in [-0.2, -0.15) is 0 Å². The first kappa shape index (κ1) is 19.4. The lowest BCUT2D eigenvalue weighted by Crippen LogP contribution is -2.52. The Kier molecular flexibility index (Phi) is 5.10. The molecule has 152 valence electrons. The molecule has 0 spiro atoms. The number of hydrogen-bond donors (Lipinski definition) is 0. The summed E-state index contributed by atoms with van der Waals surface area (Å²) in [7, 11) is 2.73. The van der Waals surface area contributed by atoms with Crippen molar-refractivity contribution < 1.29 is 19.1 Å². The molecule has 1 aromatic heterocycles. The first-order valence-corrected chi connectivity index (χ1v) is 9.55. The van der Waals surface area contributed by atoms with Gasteiger partial charge in [0.05, 0.1) is 6.54 Å². The number of barbiturate groups is 1. The molecule has 1 aliphatic rings. The van der Waals surface area contributed by atoms with Gasteiger partial charge in [-0.05, 0) is 24.3 Å². The minimum atomic E-state index is -0.636. The molecule has 4 rings (SSSR count). The van der Waals surface area contributed by atoms with E-state index in [4.69, 9.17) is 4.74 Å². The number of aromatic nitrogens is 1. The maximum Gasteiger partial charge on any atom is 0.333 e. The Labute approximate surface area is 173 Å². The summed E-state index contributed by atoms with van der Waals surface area (Å²) in [5.41, 5.74) is 1.66. The van der Waals surface area contributed by atoms with Gasteiger partial charge in [0.2, 0.25) is 0 Å². The number of hydrogen-bond acceptors (Lipinski definition) is 4. The van der Waals surface area contributed by atoms with E-state index in [1.165, 1.54) is 14.1 Å². The molecule has 30 heavy (non-hydrogen) atoms. The fraction of sp³-hybridized carbons (Fsp3) is 0.174. The van der Waals surface area contributed by atoms with E-state index in [1.807, 2.05) is 65.4 Å². The lowest BCUT2D eigenvalue weighted by atomic mass is 10.1. The van der Waals surface area contributed by atoms with E-state index in [1.54, 1.807) is 6.08 Å². The molecule has 4 amide bonds. The van der Waals surface area contributed by atoms with Crippen LogP contribution in [0.3, 0.4) is 0 Å². The molecule has 0 radical (unpaired) electrons. The van der Waals surface area contributed by atoms with Gasteiger partial charge in [-0.1, -0.05) is 36.4 Å². The molecular formula is C23H21N3O4. The smallest absolute Gasteiger partial charge is 0.333 e. The van der Waals surface area contributed by atoms with Crippen LogP contribution in [0, 0.1) is 0 Å². The summed E-state index contributed by atoms with van der Waals surface area (Å²) in [5, 5.41) is 0.910. The zero-order valence-electron chi connectivity index (χ0n) is 16.7. The molecule has 1 fully saturated rings. The van der Waals surface area contributed by atoms with E-state index in [-0.39, 0.29) is 5.57 Å².